The number of nitriles is 1. The molecule has 2 rings (SSSR count). The van der Waals surface area contributed by atoms with Gasteiger partial charge in [-0.15, -0.1) is 5.10 Å². The first kappa shape index (κ1) is 12.5. The lowest BCUT2D eigenvalue weighted by Crippen LogP contribution is -2.43. The first-order valence-corrected chi connectivity index (χ1v) is 6.09. The fraction of sp³-hybridized carbons (Fsp3) is 0.636. The zero-order chi connectivity index (χ0) is 12.8. The van der Waals surface area contributed by atoms with Crippen molar-refractivity contribution in [2.24, 2.45) is 0 Å². The van der Waals surface area contributed by atoms with Crippen molar-refractivity contribution in [2.75, 3.05) is 19.6 Å². The molecular weight excluding hydrogens is 232 g/mol. The predicted molar refractivity (Wildman–Crippen MR) is 63.7 cm³/mol. The fourth-order valence-corrected chi connectivity index (χ4v) is 1.64. The average molecular weight is 248 g/mol. The maximum atomic E-state index is 11.7. The van der Waals surface area contributed by atoms with Crippen molar-refractivity contribution in [3.8, 4) is 6.07 Å². The fourth-order valence-electron chi connectivity index (χ4n) is 1.64. The summed E-state index contributed by atoms with van der Waals surface area (Å²) in [6, 6.07) is 2.39. The van der Waals surface area contributed by atoms with Gasteiger partial charge in [-0.05, 0) is 12.8 Å². The Labute approximate surface area is 105 Å². The predicted octanol–water partition coefficient (Wildman–Crippen LogP) is -0.154. The lowest BCUT2D eigenvalue weighted by Gasteiger charge is -2.26. The largest absolute Gasteiger partial charge is 0.351 e. The first-order valence-electron chi connectivity index (χ1n) is 6.09. The highest BCUT2D eigenvalue weighted by Gasteiger charge is 2.21. The molecule has 1 aromatic heterocycles. The number of amides is 1. The van der Waals surface area contributed by atoms with E-state index in [1.54, 1.807) is 10.9 Å². The number of unbranched alkanes of at least 4 members (excludes halogenated alkanes) is 2. The summed E-state index contributed by atoms with van der Waals surface area (Å²) >= 11 is 0. The molecule has 7 heteroatoms. The Morgan fingerprint density at radius 2 is 2.44 bits per heavy atom. The highest BCUT2D eigenvalue weighted by atomic mass is 16.2. The van der Waals surface area contributed by atoms with Gasteiger partial charge in [0.15, 0.2) is 5.69 Å². The van der Waals surface area contributed by atoms with E-state index in [1.165, 1.54) is 0 Å². The van der Waals surface area contributed by atoms with Gasteiger partial charge in [-0.1, -0.05) is 5.21 Å². The van der Waals surface area contributed by atoms with E-state index >= 15 is 0 Å². The Balaban J connectivity index is 1.74. The van der Waals surface area contributed by atoms with Crippen LogP contribution in [0.2, 0.25) is 0 Å². The van der Waals surface area contributed by atoms with Crippen molar-refractivity contribution in [3.63, 3.8) is 0 Å². The van der Waals surface area contributed by atoms with Crippen LogP contribution in [-0.4, -0.2) is 40.5 Å². The molecule has 0 spiro atoms. The molecule has 0 bridgehead atoms. The Morgan fingerprint density at radius 1 is 1.61 bits per heavy atom. The van der Waals surface area contributed by atoms with E-state index in [1.807, 2.05) is 0 Å². The average Bonchev–Trinajstić information content (AvgIpc) is 2.75. The second-order valence-electron chi connectivity index (χ2n) is 4.27. The minimum Gasteiger partial charge on any atom is -0.351 e. The third-order valence-electron chi connectivity index (χ3n) is 2.88. The van der Waals surface area contributed by atoms with E-state index < -0.39 is 0 Å². The van der Waals surface area contributed by atoms with Crippen molar-refractivity contribution in [2.45, 2.75) is 25.3 Å². The summed E-state index contributed by atoms with van der Waals surface area (Å²) in [5, 5.41) is 22.1. The summed E-state index contributed by atoms with van der Waals surface area (Å²) < 4.78 is 1.72. The Kier molecular flexibility index (Phi) is 4.25. The van der Waals surface area contributed by atoms with E-state index in [0.29, 0.717) is 24.7 Å². The summed E-state index contributed by atoms with van der Waals surface area (Å²) in [5.41, 5.74) is 0.349. The molecule has 1 aliphatic rings. The van der Waals surface area contributed by atoms with Crippen molar-refractivity contribution >= 4 is 5.91 Å². The Hall–Kier alpha value is -1.94. The molecule has 1 aliphatic heterocycles. The van der Waals surface area contributed by atoms with Gasteiger partial charge in [0.05, 0.1) is 18.3 Å². The molecule has 0 aliphatic carbocycles. The van der Waals surface area contributed by atoms with Crippen LogP contribution in [0.25, 0.3) is 0 Å². The normalized spacial score (nSPS) is 14.8. The lowest BCUT2D eigenvalue weighted by atomic mass is 10.2. The molecule has 0 saturated carbocycles. The van der Waals surface area contributed by atoms with Gasteiger partial charge in [-0.3, -0.25) is 4.79 Å². The quantitative estimate of drug-likeness (QED) is 0.682. The number of rotatable bonds is 6. The van der Waals surface area contributed by atoms with Crippen LogP contribution in [0.15, 0.2) is 6.20 Å². The van der Waals surface area contributed by atoms with Gasteiger partial charge in [-0.2, -0.15) is 5.26 Å². The molecule has 1 amide bonds. The smallest absolute Gasteiger partial charge is 0.273 e. The topological polar surface area (TPSA) is 95.6 Å². The van der Waals surface area contributed by atoms with Crippen molar-refractivity contribution in [1.29, 1.82) is 5.26 Å². The van der Waals surface area contributed by atoms with Gasteiger partial charge >= 0.3 is 0 Å². The van der Waals surface area contributed by atoms with Gasteiger partial charge in [0, 0.05) is 26.1 Å². The number of carbonyl (C=O) groups is 1. The van der Waals surface area contributed by atoms with Gasteiger partial charge < -0.3 is 10.6 Å². The van der Waals surface area contributed by atoms with E-state index in [-0.39, 0.29) is 5.91 Å². The van der Waals surface area contributed by atoms with E-state index in [0.717, 1.165) is 25.9 Å². The number of hydrogen-bond donors (Lipinski definition) is 2. The molecule has 0 radical (unpaired) electrons. The zero-order valence-corrected chi connectivity index (χ0v) is 10.1. The monoisotopic (exact) mass is 248 g/mol. The molecule has 7 nitrogen and oxygen atoms in total. The van der Waals surface area contributed by atoms with Crippen LogP contribution in [0.3, 0.4) is 0 Å². The van der Waals surface area contributed by atoms with Crippen LogP contribution in [0.4, 0.5) is 0 Å². The number of nitrogens with one attached hydrogen (secondary N) is 2. The minimum atomic E-state index is -0.203. The zero-order valence-electron chi connectivity index (χ0n) is 10.1. The van der Waals surface area contributed by atoms with Crippen molar-refractivity contribution in [3.05, 3.63) is 11.9 Å². The van der Waals surface area contributed by atoms with Crippen LogP contribution < -0.4 is 10.6 Å². The highest BCUT2D eigenvalue weighted by Crippen LogP contribution is 2.09. The van der Waals surface area contributed by atoms with Crippen LogP contribution in [0.1, 0.15) is 35.8 Å². The Morgan fingerprint density at radius 3 is 3.11 bits per heavy atom. The first-order chi connectivity index (χ1) is 8.81. The van der Waals surface area contributed by atoms with Crippen LogP contribution in [-0.2, 0) is 0 Å². The molecular formula is C11H16N6O. The Bertz CT molecular complexity index is 445. The number of nitrogens with zero attached hydrogens (tertiary/aromatic N) is 4. The third-order valence-corrected chi connectivity index (χ3v) is 2.88. The molecule has 0 aromatic carbocycles. The number of aromatic nitrogens is 3. The SMILES string of the molecule is N#CCCCCNC(=O)c1cn(C2CNC2)nn1. The molecule has 1 aromatic rings. The molecule has 0 unspecified atom stereocenters. The maximum Gasteiger partial charge on any atom is 0.273 e. The summed E-state index contributed by atoms with van der Waals surface area (Å²) in [4.78, 5) is 11.7. The highest BCUT2D eigenvalue weighted by molar-refractivity contribution is 5.91. The molecule has 96 valence electrons. The number of hydrogen-bond acceptors (Lipinski definition) is 5. The van der Waals surface area contributed by atoms with Crippen LogP contribution in [0, 0.1) is 11.3 Å². The van der Waals surface area contributed by atoms with Crippen LogP contribution >= 0.6 is 0 Å². The van der Waals surface area contributed by atoms with Crippen molar-refractivity contribution in [1.82, 2.24) is 25.6 Å². The second-order valence-corrected chi connectivity index (χ2v) is 4.27. The summed E-state index contributed by atoms with van der Waals surface area (Å²) in [6.07, 6.45) is 3.81. The summed E-state index contributed by atoms with van der Waals surface area (Å²) in [5.74, 6) is -0.203. The maximum absolute atomic E-state index is 11.7. The molecule has 0 atom stereocenters. The molecule has 2 N–H and O–H groups in total. The van der Waals surface area contributed by atoms with Gasteiger partial charge in [0.2, 0.25) is 0 Å². The van der Waals surface area contributed by atoms with Crippen LogP contribution in [0.5, 0.6) is 0 Å². The van der Waals surface area contributed by atoms with E-state index in [2.05, 4.69) is 27.0 Å². The second kappa shape index (κ2) is 6.12. The molecule has 18 heavy (non-hydrogen) atoms. The van der Waals surface area contributed by atoms with Gasteiger partial charge in [-0.25, -0.2) is 4.68 Å². The standard InChI is InChI=1S/C11H16N6O/c12-4-2-1-3-5-14-11(18)10-8-17(16-15-10)9-6-13-7-9/h8-9,13H,1-3,5-7H2,(H,14,18). The van der Waals surface area contributed by atoms with Gasteiger partial charge in [0.1, 0.15) is 0 Å². The minimum absolute atomic E-state index is 0.203. The number of carbonyl (C=O) groups excluding carboxylic acids is 1. The molecule has 2 heterocycles. The third kappa shape index (κ3) is 3.05. The van der Waals surface area contributed by atoms with E-state index in [9.17, 15) is 4.79 Å². The van der Waals surface area contributed by atoms with E-state index in [4.69, 9.17) is 5.26 Å². The summed E-state index contributed by atoms with van der Waals surface area (Å²) in [6.45, 7) is 2.31. The lowest BCUT2D eigenvalue weighted by molar-refractivity contribution is 0.0948. The summed E-state index contributed by atoms with van der Waals surface area (Å²) in [7, 11) is 0. The van der Waals surface area contributed by atoms with Gasteiger partial charge in [0.25, 0.3) is 5.91 Å². The van der Waals surface area contributed by atoms with Crippen molar-refractivity contribution < 1.29 is 4.79 Å². The molecule has 1 fully saturated rings. The molecule has 1 saturated heterocycles.